The molecule has 4 heteroatoms. The van der Waals surface area contributed by atoms with Gasteiger partial charge < -0.3 is 0 Å². The number of hydrogen-bond acceptors (Lipinski definition) is 3. The number of benzene rings is 3. The van der Waals surface area contributed by atoms with Gasteiger partial charge in [-0.05, 0) is 168 Å². The van der Waals surface area contributed by atoms with Gasteiger partial charge in [0.15, 0.2) is 0 Å². The van der Waals surface area contributed by atoms with Crippen LogP contribution in [0.4, 0.5) is 0 Å². The van der Waals surface area contributed by atoms with Crippen molar-refractivity contribution < 1.29 is 0 Å². The molecule has 0 fully saturated rings. The summed E-state index contributed by atoms with van der Waals surface area (Å²) in [6, 6.07) is 20.2. The average Bonchev–Trinajstić information content (AvgIpc) is 3.10. The maximum Gasteiger partial charge on any atom is 0.243 e. The SMILES string of the molecule is Cc1cc(C)c(C)c(B(c2c(C)c(C)cc(C)c2C)c2c(C)c(C)cc(C)c2C(c2ccncc2)(c2ccncc2)c2ccncc2)c1C. The smallest absolute Gasteiger partial charge is 0.243 e. The number of rotatable bonds is 7. The Morgan fingerprint density at radius 2 is 0.633 bits per heavy atom. The Kier molecular flexibility index (Phi) is 9.20. The van der Waals surface area contributed by atoms with Crippen molar-refractivity contribution >= 4 is 23.1 Å². The second-order valence-electron chi connectivity index (χ2n) is 14.2. The fraction of sp³-hybridized carbons (Fsp3) is 0.267. The minimum atomic E-state index is -0.688. The highest BCUT2D eigenvalue weighted by Gasteiger charge is 2.45. The highest BCUT2D eigenvalue weighted by molar-refractivity contribution is 6.97. The number of aryl methyl sites for hydroxylation is 6. The molecule has 0 saturated carbocycles. The molecule has 6 rings (SSSR count). The molecule has 0 amide bonds. The lowest BCUT2D eigenvalue weighted by atomic mass is 9.31. The molecule has 0 N–H and O–H groups in total. The molecule has 49 heavy (non-hydrogen) atoms. The van der Waals surface area contributed by atoms with Crippen molar-refractivity contribution in [2.75, 3.05) is 0 Å². The lowest BCUT2D eigenvalue weighted by Crippen LogP contribution is -2.60. The summed E-state index contributed by atoms with van der Waals surface area (Å²) in [5, 5.41) is 0. The third kappa shape index (κ3) is 5.52. The zero-order valence-corrected chi connectivity index (χ0v) is 31.1. The molecule has 3 heterocycles. The Bertz CT molecular complexity index is 1960. The first-order valence-corrected chi connectivity index (χ1v) is 17.4. The molecule has 3 aromatic carbocycles. The van der Waals surface area contributed by atoms with Crippen LogP contribution in [0.1, 0.15) is 83.5 Å². The molecular weight excluding hydrogens is 593 g/mol. The van der Waals surface area contributed by atoms with Crippen LogP contribution >= 0.6 is 0 Å². The highest BCUT2D eigenvalue weighted by atomic mass is 14.6. The van der Waals surface area contributed by atoms with E-state index in [1.807, 2.05) is 37.2 Å². The lowest BCUT2D eigenvalue weighted by Gasteiger charge is -2.42. The summed E-state index contributed by atoms with van der Waals surface area (Å²) in [6.07, 6.45) is 11.6. The molecule has 0 saturated heterocycles. The van der Waals surface area contributed by atoms with Gasteiger partial charge in [0.25, 0.3) is 0 Å². The first-order valence-electron chi connectivity index (χ1n) is 17.4. The van der Waals surface area contributed by atoms with Gasteiger partial charge in [-0.3, -0.25) is 15.0 Å². The molecule has 0 aliphatic heterocycles. The van der Waals surface area contributed by atoms with Crippen LogP contribution in [-0.2, 0) is 5.41 Å². The van der Waals surface area contributed by atoms with Crippen molar-refractivity contribution in [3.05, 3.63) is 175 Å². The Balaban J connectivity index is 1.95. The number of nitrogens with zero attached hydrogens (tertiary/aromatic N) is 3. The summed E-state index contributed by atoms with van der Waals surface area (Å²) in [5.74, 6) is 0. The molecule has 0 aliphatic rings. The molecule has 246 valence electrons. The summed E-state index contributed by atoms with van der Waals surface area (Å²) in [6.45, 7) is 25.3. The van der Waals surface area contributed by atoms with Gasteiger partial charge in [0.05, 0.1) is 5.41 Å². The predicted octanol–water partition coefficient (Wildman–Crippen LogP) is 8.16. The molecule has 0 unspecified atom stereocenters. The van der Waals surface area contributed by atoms with Crippen molar-refractivity contribution in [3.63, 3.8) is 0 Å². The van der Waals surface area contributed by atoms with Crippen LogP contribution in [0, 0.1) is 76.2 Å². The third-order valence-electron chi connectivity index (χ3n) is 11.5. The molecule has 0 atom stereocenters. The van der Waals surface area contributed by atoms with Crippen molar-refractivity contribution in [3.8, 4) is 0 Å². The van der Waals surface area contributed by atoms with Gasteiger partial charge in [-0.1, -0.05) is 62.4 Å². The second kappa shape index (κ2) is 13.2. The van der Waals surface area contributed by atoms with Gasteiger partial charge in [-0.25, -0.2) is 0 Å². The molecule has 0 radical (unpaired) electrons. The molecular formula is C45H48BN3. The maximum atomic E-state index is 4.51. The van der Waals surface area contributed by atoms with E-state index in [0.29, 0.717) is 0 Å². The van der Waals surface area contributed by atoms with Crippen molar-refractivity contribution in [2.24, 2.45) is 0 Å². The van der Waals surface area contributed by atoms with Gasteiger partial charge in [0.2, 0.25) is 6.71 Å². The fourth-order valence-corrected chi connectivity index (χ4v) is 8.51. The summed E-state index contributed by atoms with van der Waals surface area (Å²) in [5.41, 5.74) is 22.9. The van der Waals surface area contributed by atoms with E-state index in [4.69, 9.17) is 0 Å². The molecule has 0 spiro atoms. The third-order valence-corrected chi connectivity index (χ3v) is 11.5. The minimum Gasteiger partial charge on any atom is -0.265 e. The highest BCUT2D eigenvalue weighted by Crippen LogP contribution is 2.46. The van der Waals surface area contributed by atoms with E-state index in [0.717, 1.165) is 16.7 Å². The van der Waals surface area contributed by atoms with Crippen LogP contribution in [0.2, 0.25) is 0 Å². The summed E-state index contributed by atoms with van der Waals surface area (Å²) in [4.78, 5) is 13.5. The van der Waals surface area contributed by atoms with Gasteiger partial charge in [-0.15, -0.1) is 0 Å². The second-order valence-corrected chi connectivity index (χ2v) is 14.2. The molecule has 3 nitrogen and oxygen atoms in total. The van der Waals surface area contributed by atoms with E-state index in [9.17, 15) is 0 Å². The van der Waals surface area contributed by atoms with Crippen molar-refractivity contribution in [1.29, 1.82) is 0 Å². The van der Waals surface area contributed by atoms with Crippen LogP contribution in [0.3, 0.4) is 0 Å². The Morgan fingerprint density at radius 1 is 0.367 bits per heavy atom. The molecule has 3 aromatic heterocycles. The Morgan fingerprint density at radius 3 is 0.939 bits per heavy atom. The first kappa shape index (κ1) is 34.1. The molecule has 0 bridgehead atoms. The largest absolute Gasteiger partial charge is 0.265 e. The van der Waals surface area contributed by atoms with E-state index in [1.54, 1.807) is 0 Å². The van der Waals surface area contributed by atoms with Crippen molar-refractivity contribution in [1.82, 2.24) is 15.0 Å². The molecule has 0 aliphatic carbocycles. The average molecular weight is 642 g/mol. The minimum absolute atomic E-state index is 0.0179. The van der Waals surface area contributed by atoms with Gasteiger partial charge >= 0.3 is 0 Å². The summed E-state index contributed by atoms with van der Waals surface area (Å²) < 4.78 is 0. The monoisotopic (exact) mass is 641 g/mol. The topological polar surface area (TPSA) is 38.7 Å². The lowest BCUT2D eigenvalue weighted by molar-refractivity contribution is 0.736. The van der Waals surface area contributed by atoms with Gasteiger partial charge in [0.1, 0.15) is 0 Å². The van der Waals surface area contributed by atoms with E-state index in [-0.39, 0.29) is 6.71 Å². The Labute approximate surface area is 294 Å². The van der Waals surface area contributed by atoms with Crippen LogP contribution in [0.25, 0.3) is 0 Å². The number of hydrogen-bond donors (Lipinski definition) is 0. The predicted molar refractivity (Wildman–Crippen MR) is 208 cm³/mol. The van der Waals surface area contributed by atoms with Crippen LogP contribution in [-0.4, -0.2) is 21.7 Å². The molecule has 6 aromatic rings. The summed E-state index contributed by atoms with van der Waals surface area (Å²) >= 11 is 0. The number of aromatic nitrogens is 3. The summed E-state index contributed by atoms with van der Waals surface area (Å²) in [7, 11) is 0. The quantitative estimate of drug-likeness (QED) is 0.165. The van der Waals surface area contributed by atoms with Crippen LogP contribution < -0.4 is 16.4 Å². The first-order chi connectivity index (χ1) is 23.4. The zero-order chi connectivity index (χ0) is 35.2. The standard InChI is InChI=1S/C45H48BN3/c1-27-24-28(2)34(8)42(33(27)7)46(43-35(9)29(3)25-30(4)36(43)10)44-37(11)31(5)26-32(6)41(44)45(38-12-18-47-19-13-38,39-14-20-48-21-15-39)40-16-22-49-23-17-40/h12-26H,1-11H3. The van der Waals surface area contributed by atoms with E-state index < -0.39 is 5.41 Å². The van der Waals surface area contributed by atoms with E-state index >= 15 is 0 Å². The fourth-order valence-electron chi connectivity index (χ4n) is 8.51. The maximum absolute atomic E-state index is 4.51. The van der Waals surface area contributed by atoms with Crippen LogP contribution in [0.5, 0.6) is 0 Å². The Hall–Kier alpha value is -4.83. The van der Waals surface area contributed by atoms with Gasteiger partial charge in [-0.2, -0.15) is 0 Å². The van der Waals surface area contributed by atoms with E-state index in [1.165, 1.54) is 83.1 Å². The van der Waals surface area contributed by atoms with E-state index in [2.05, 4.69) is 146 Å². The normalized spacial score (nSPS) is 11.6. The zero-order valence-electron chi connectivity index (χ0n) is 31.1. The number of pyridine rings is 3. The van der Waals surface area contributed by atoms with Crippen LogP contribution in [0.15, 0.2) is 91.8 Å². The van der Waals surface area contributed by atoms with Crippen molar-refractivity contribution in [2.45, 2.75) is 81.6 Å². The van der Waals surface area contributed by atoms with Gasteiger partial charge in [0, 0.05) is 37.2 Å².